The zero-order valence-electron chi connectivity index (χ0n) is 29.8. The fourth-order valence-electron chi connectivity index (χ4n) is 8.19. The quantitative estimate of drug-likeness (QED) is 0.173. The van der Waals surface area contributed by atoms with Gasteiger partial charge in [0.1, 0.15) is 22.3 Å². The minimum absolute atomic E-state index is 0.908. The summed E-state index contributed by atoms with van der Waals surface area (Å²) in [6, 6.07) is 71.0. The first-order valence-electron chi connectivity index (χ1n) is 18.7. The van der Waals surface area contributed by atoms with E-state index in [1.165, 1.54) is 32.8 Å². The molecule has 0 radical (unpaired) electrons. The largest absolute Gasteiger partial charge is 0.456 e. The Morgan fingerprint density at radius 2 is 0.873 bits per heavy atom. The van der Waals surface area contributed by atoms with E-state index in [1.807, 2.05) is 24.3 Å². The zero-order chi connectivity index (χ0) is 36.3. The average molecular weight is 704 g/mol. The van der Waals surface area contributed by atoms with Gasteiger partial charge in [0.2, 0.25) is 0 Å². The SMILES string of the molecule is c1ccc(N(c2ccc(-c3cccc(-c4ccc5ccc6oc7ccccc7c6c5c4)c3)cc2)c2ccc(-c3cccc4c3oc3ccccc34)cc2)cc1. The average Bonchev–Trinajstić information content (AvgIpc) is 3.84. The van der Waals surface area contributed by atoms with Crippen LogP contribution in [0.4, 0.5) is 17.1 Å². The molecule has 11 aromatic rings. The molecule has 0 amide bonds. The van der Waals surface area contributed by atoms with Gasteiger partial charge in [0.15, 0.2) is 0 Å². The highest BCUT2D eigenvalue weighted by atomic mass is 16.3. The lowest BCUT2D eigenvalue weighted by Crippen LogP contribution is -2.09. The van der Waals surface area contributed by atoms with Crippen molar-refractivity contribution in [1.29, 1.82) is 0 Å². The molecular weight excluding hydrogens is 671 g/mol. The van der Waals surface area contributed by atoms with Crippen molar-refractivity contribution in [3.05, 3.63) is 200 Å². The van der Waals surface area contributed by atoms with Gasteiger partial charge < -0.3 is 13.7 Å². The summed E-state index contributed by atoms with van der Waals surface area (Å²) in [6.07, 6.45) is 0. The second-order valence-corrected chi connectivity index (χ2v) is 14.1. The molecule has 0 N–H and O–H groups in total. The third-order valence-electron chi connectivity index (χ3n) is 10.9. The van der Waals surface area contributed by atoms with Crippen molar-refractivity contribution in [2.45, 2.75) is 0 Å². The number of furan rings is 2. The Morgan fingerprint density at radius 3 is 1.65 bits per heavy atom. The molecule has 3 nitrogen and oxygen atoms in total. The van der Waals surface area contributed by atoms with E-state index in [0.29, 0.717) is 0 Å². The topological polar surface area (TPSA) is 29.5 Å². The van der Waals surface area contributed by atoms with Gasteiger partial charge in [-0.3, -0.25) is 0 Å². The van der Waals surface area contributed by atoms with Crippen LogP contribution in [-0.2, 0) is 0 Å². The molecule has 0 saturated carbocycles. The summed E-state index contributed by atoms with van der Waals surface area (Å²) in [4.78, 5) is 2.31. The van der Waals surface area contributed by atoms with Gasteiger partial charge >= 0.3 is 0 Å². The van der Waals surface area contributed by atoms with Gasteiger partial charge in [0, 0.05) is 44.2 Å². The van der Waals surface area contributed by atoms with Crippen LogP contribution < -0.4 is 4.90 Å². The number of nitrogens with zero attached hydrogens (tertiary/aromatic N) is 1. The van der Waals surface area contributed by atoms with Crippen molar-refractivity contribution in [3.63, 3.8) is 0 Å². The van der Waals surface area contributed by atoms with E-state index in [0.717, 1.165) is 72.2 Å². The minimum atomic E-state index is 0.908. The predicted molar refractivity (Wildman–Crippen MR) is 229 cm³/mol. The number of hydrogen-bond acceptors (Lipinski definition) is 3. The Morgan fingerprint density at radius 1 is 0.309 bits per heavy atom. The monoisotopic (exact) mass is 703 g/mol. The first kappa shape index (κ1) is 31.2. The predicted octanol–water partition coefficient (Wildman–Crippen LogP) is 15.1. The third-order valence-corrected chi connectivity index (χ3v) is 10.9. The molecule has 2 heterocycles. The van der Waals surface area contributed by atoms with Gasteiger partial charge in [0.25, 0.3) is 0 Å². The Balaban J connectivity index is 0.933. The zero-order valence-corrected chi connectivity index (χ0v) is 29.8. The summed E-state index contributed by atoms with van der Waals surface area (Å²) >= 11 is 0. The van der Waals surface area contributed by atoms with Crippen LogP contribution in [0.3, 0.4) is 0 Å². The molecule has 0 fully saturated rings. The molecule has 0 atom stereocenters. The Kier molecular flexibility index (Phi) is 7.17. The van der Waals surface area contributed by atoms with E-state index in [-0.39, 0.29) is 0 Å². The van der Waals surface area contributed by atoms with Crippen LogP contribution in [0.5, 0.6) is 0 Å². The number of hydrogen-bond donors (Lipinski definition) is 0. The van der Waals surface area contributed by atoms with Gasteiger partial charge in [0.05, 0.1) is 0 Å². The lowest BCUT2D eigenvalue weighted by molar-refractivity contribution is 0.669. The van der Waals surface area contributed by atoms with Gasteiger partial charge in [-0.1, -0.05) is 133 Å². The Labute approximate surface area is 317 Å². The van der Waals surface area contributed by atoms with E-state index in [1.54, 1.807) is 0 Å². The van der Waals surface area contributed by atoms with Crippen LogP contribution in [0, 0.1) is 0 Å². The number of fused-ring (bicyclic) bond motifs is 8. The maximum atomic E-state index is 6.36. The summed E-state index contributed by atoms with van der Waals surface area (Å²) < 4.78 is 12.6. The maximum absolute atomic E-state index is 6.36. The molecule has 3 heteroatoms. The molecular formula is C52H33NO2. The normalized spacial score (nSPS) is 11.6. The standard InChI is InChI=1S/C52H33NO2/c1-2-12-40(13-3-1)53(42-29-24-35(25-30-42)43-16-9-17-45-44-14-4-6-18-48(44)55-52(43)45)41-27-22-34(23-28-41)37-10-8-11-38(32-37)39-21-20-36-26-31-50-51(47(36)33-39)46-15-5-7-19-49(46)54-50/h1-33H. The highest BCUT2D eigenvalue weighted by molar-refractivity contribution is 6.19. The fourth-order valence-corrected chi connectivity index (χ4v) is 8.19. The highest BCUT2D eigenvalue weighted by Gasteiger charge is 2.16. The van der Waals surface area contributed by atoms with E-state index < -0.39 is 0 Å². The van der Waals surface area contributed by atoms with Crippen LogP contribution in [0.25, 0.3) is 88.0 Å². The molecule has 9 aromatic carbocycles. The number of anilines is 3. The van der Waals surface area contributed by atoms with Crippen molar-refractivity contribution >= 4 is 71.7 Å². The second-order valence-electron chi connectivity index (χ2n) is 14.1. The molecule has 0 aliphatic heterocycles. The summed E-state index contributed by atoms with van der Waals surface area (Å²) in [6.45, 7) is 0. The summed E-state index contributed by atoms with van der Waals surface area (Å²) in [7, 11) is 0. The summed E-state index contributed by atoms with van der Waals surface area (Å²) in [5, 5.41) is 7.00. The molecule has 2 aromatic heterocycles. The lowest BCUT2D eigenvalue weighted by Gasteiger charge is -2.26. The highest BCUT2D eigenvalue weighted by Crippen LogP contribution is 2.41. The van der Waals surface area contributed by atoms with E-state index in [4.69, 9.17) is 8.83 Å². The molecule has 258 valence electrons. The molecule has 0 aliphatic rings. The Hall–Kier alpha value is -7.36. The first-order valence-corrected chi connectivity index (χ1v) is 18.7. The van der Waals surface area contributed by atoms with Gasteiger partial charge in [-0.15, -0.1) is 0 Å². The fraction of sp³-hybridized carbons (Fsp3) is 0. The third kappa shape index (κ3) is 5.28. The van der Waals surface area contributed by atoms with Crippen molar-refractivity contribution in [2.24, 2.45) is 0 Å². The van der Waals surface area contributed by atoms with E-state index in [2.05, 4.69) is 181 Å². The van der Waals surface area contributed by atoms with Crippen molar-refractivity contribution in [1.82, 2.24) is 0 Å². The van der Waals surface area contributed by atoms with Crippen LogP contribution in [0.2, 0.25) is 0 Å². The Bertz CT molecular complexity index is 3190. The first-order chi connectivity index (χ1) is 27.2. The lowest BCUT2D eigenvalue weighted by atomic mass is 9.95. The molecule has 0 unspecified atom stereocenters. The number of benzene rings is 9. The summed E-state index contributed by atoms with van der Waals surface area (Å²) in [5.41, 5.74) is 13.8. The van der Waals surface area contributed by atoms with Gasteiger partial charge in [-0.25, -0.2) is 0 Å². The van der Waals surface area contributed by atoms with Crippen molar-refractivity contribution in [2.75, 3.05) is 4.90 Å². The molecule has 0 aliphatic carbocycles. The maximum Gasteiger partial charge on any atom is 0.143 e. The molecule has 0 spiro atoms. The molecule has 55 heavy (non-hydrogen) atoms. The van der Waals surface area contributed by atoms with Crippen molar-refractivity contribution in [3.8, 4) is 33.4 Å². The second kappa shape index (κ2) is 12.6. The van der Waals surface area contributed by atoms with Crippen LogP contribution in [0.15, 0.2) is 209 Å². The number of rotatable bonds is 6. The van der Waals surface area contributed by atoms with Crippen LogP contribution >= 0.6 is 0 Å². The summed E-state index contributed by atoms with van der Waals surface area (Å²) in [5.74, 6) is 0. The van der Waals surface area contributed by atoms with Gasteiger partial charge in [-0.05, 0) is 105 Å². The van der Waals surface area contributed by atoms with Crippen LogP contribution in [0.1, 0.15) is 0 Å². The molecule has 0 saturated heterocycles. The van der Waals surface area contributed by atoms with Gasteiger partial charge in [-0.2, -0.15) is 0 Å². The number of para-hydroxylation sites is 4. The van der Waals surface area contributed by atoms with E-state index in [9.17, 15) is 0 Å². The minimum Gasteiger partial charge on any atom is -0.456 e. The smallest absolute Gasteiger partial charge is 0.143 e. The van der Waals surface area contributed by atoms with E-state index >= 15 is 0 Å². The molecule has 0 bridgehead atoms. The molecule has 11 rings (SSSR count). The van der Waals surface area contributed by atoms with Crippen LogP contribution in [-0.4, -0.2) is 0 Å². The van der Waals surface area contributed by atoms with Crippen molar-refractivity contribution < 1.29 is 8.83 Å².